The van der Waals surface area contributed by atoms with Gasteiger partial charge in [-0.1, -0.05) is 25.0 Å². The number of carbonyl (C=O) groups excluding carboxylic acids is 1. The molecule has 7 rings (SSSR count). The summed E-state index contributed by atoms with van der Waals surface area (Å²) in [6, 6.07) is 11.5. The van der Waals surface area contributed by atoms with Crippen molar-refractivity contribution in [3.63, 3.8) is 0 Å². The molecule has 0 aromatic heterocycles. The minimum Gasteiger partial charge on any atom is -0.453 e. The molecule has 51 heavy (non-hydrogen) atoms. The molecule has 2 aliphatic carbocycles. The molecule has 1 amide bonds. The number of methoxy groups -OCH3 is 1. The number of hydrogen-bond donors (Lipinski definition) is 1. The van der Waals surface area contributed by atoms with E-state index in [1.54, 1.807) is 18.2 Å². The molecule has 1 N–H and O–H groups in total. The maximum Gasteiger partial charge on any atom is 0.407 e. The lowest BCUT2D eigenvalue weighted by molar-refractivity contribution is -0.0858. The van der Waals surface area contributed by atoms with Crippen molar-refractivity contribution in [1.29, 1.82) is 0 Å². The molecule has 5 fully saturated rings. The second-order valence-electron chi connectivity index (χ2n) is 15.7. The lowest BCUT2D eigenvalue weighted by Gasteiger charge is -2.55. The van der Waals surface area contributed by atoms with Crippen LogP contribution in [0.2, 0.25) is 0 Å². The third-order valence-electron chi connectivity index (χ3n) is 12.8. The number of anilines is 1. The van der Waals surface area contributed by atoms with E-state index in [0.29, 0.717) is 38.2 Å². The number of ether oxygens (including phenoxy) is 2. The van der Waals surface area contributed by atoms with Crippen LogP contribution < -0.4 is 10.2 Å². The van der Waals surface area contributed by atoms with Gasteiger partial charge in [0.2, 0.25) is 0 Å². The Hall–Kier alpha value is -2.80. The van der Waals surface area contributed by atoms with Gasteiger partial charge in [-0.05, 0) is 126 Å². The fourth-order valence-electron chi connectivity index (χ4n) is 9.91. The molecular weight excluding hydrogens is 675 g/mol. The number of rotatable bonds is 13. The quantitative estimate of drug-likeness (QED) is 0.279. The van der Waals surface area contributed by atoms with Crippen molar-refractivity contribution in [2.75, 3.05) is 71.0 Å². The molecule has 3 saturated heterocycles. The molecule has 3 aliphatic heterocycles. The minimum atomic E-state index is -3.50. The molecule has 12 heteroatoms. The topological polar surface area (TPSA) is 91.4 Å². The Kier molecular flexibility index (Phi) is 10.7. The third kappa shape index (κ3) is 7.14. The lowest BCUT2D eigenvalue weighted by Crippen LogP contribution is -2.68. The van der Waals surface area contributed by atoms with Crippen LogP contribution in [0.25, 0.3) is 0 Å². The number of nitrogens with one attached hydrogen (secondary N) is 1. The predicted molar refractivity (Wildman–Crippen MR) is 193 cm³/mol. The van der Waals surface area contributed by atoms with Crippen LogP contribution in [0.3, 0.4) is 0 Å². The monoisotopic (exact) mass is 728 g/mol. The van der Waals surface area contributed by atoms with Gasteiger partial charge >= 0.3 is 6.09 Å². The molecular formula is C39H54F2N4O5S. The number of nitrogens with zero attached hydrogens (tertiary/aromatic N) is 3. The molecule has 0 spiro atoms. The predicted octanol–water partition coefficient (Wildman–Crippen LogP) is 5.77. The Bertz CT molecular complexity index is 1660. The fraction of sp³-hybridized carbons (Fsp3) is 0.667. The van der Waals surface area contributed by atoms with E-state index in [9.17, 15) is 13.2 Å². The number of piperidine rings is 1. The van der Waals surface area contributed by atoms with Crippen molar-refractivity contribution in [2.45, 2.75) is 91.9 Å². The highest BCUT2D eigenvalue weighted by molar-refractivity contribution is 7.92. The average Bonchev–Trinajstić information content (AvgIpc) is 3.51. The van der Waals surface area contributed by atoms with Crippen LogP contribution in [-0.4, -0.2) is 107 Å². The molecule has 2 aromatic carbocycles. The van der Waals surface area contributed by atoms with Crippen LogP contribution in [0.5, 0.6) is 0 Å². The van der Waals surface area contributed by atoms with Crippen molar-refractivity contribution in [3.05, 3.63) is 59.7 Å². The van der Waals surface area contributed by atoms with Crippen LogP contribution in [0.4, 0.5) is 19.3 Å². The van der Waals surface area contributed by atoms with Crippen molar-refractivity contribution < 1.29 is 31.5 Å². The summed E-state index contributed by atoms with van der Waals surface area (Å²) in [5.74, 6) is -0.307. The lowest BCUT2D eigenvalue weighted by atomic mass is 9.57. The number of halogens is 2. The van der Waals surface area contributed by atoms with E-state index in [2.05, 4.69) is 21.2 Å². The fourth-order valence-corrected chi connectivity index (χ4v) is 11.8. The van der Waals surface area contributed by atoms with Gasteiger partial charge in [0, 0.05) is 31.2 Å². The Morgan fingerprint density at radius 3 is 2.29 bits per heavy atom. The average molecular weight is 729 g/mol. The zero-order valence-corrected chi connectivity index (χ0v) is 30.9. The third-order valence-corrected chi connectivity index (χ3v) is 15.0. The first-order chi connectivity index (χ1) is 24.6. The van der Waals surface area contributed by atoms with Crippen LogP contribution in [0.1, 0.15) is 70.3 Å². The summed E-state index contributed by atoms with van der Waals surface area (Å²) in [5.41, 5.74) is 0.653. The van der Waals surface area contributed by atoms with Crippen molar-refractivity contribution >= 4 is 21.6 Å². The molecule has 2 aromatic rings. The maximum absolute atomic E-state index is 15.4. The summed E-state index contributed by atoms with van der Waals surface area (Å²) in [4.78, 5) is 19.5. The van der Waals surface area contributed by atoms with E-state index in [1.165, 1.54) is 19.2 Å². The Balaban J connectivity index is 1.07. The Morgan fingerprint density at radius 2 is 1.69 bits per heavy atom. The van der Waals surface area contributed by atoms with Crippen molar-refractivity contribution in [2.24, 2.45) is 11.8 Å². The summed E-state index contributed by atoms with van der Waals surface area (Å²) in [7, 11) is -2.09. The van der Waals surface area contributed by atoms with Gasteiger partial charge < -0.3 is 29.5 Å². The second kappa shape index (κ2) is 14.9. The molecule has 280 valence electrons. The second-order valence-corrected chi connectivity index (χ2v) is 17.9. The van der Waals surface area contributed by atoms with Gasteiger partial charge in [0.05, 0.1) is 36.0 Å². The largest absolute Gasteiger partial charge is 0.453 e. The molecule has 5 aliphatic rings. The summed E-state index contributed by atoms with van der Waals surface area (Å²) < 4.78 is 67.6. The Labute approximate surface area is 301 Å². The number of amides is 1. The molecule has 2 saturated carbocycles. The molecule has 3 heterocycles. The van der Waals surface area contributed by atoms with Crippen molar-refractivity contribution in [3.8, 4) is 0 Å². The Morgan fingerprint density at radius 1 is 0.941 bits per heavy atom. The summed E-state index contributed by atoms with van der Waals surface area (Å²) in [6.45, 7) is 8.93. The molecule has 0 radical (unpaired) electrons. The van der Waals surface area contributed by atoms with Gasteiger partial charge in [-0.25, -0.2) is 22.0 Å². The van der Waals surface area contributed by atoms with E-state index < -0.39 is 32.6 Å². The smallest absolute Gasteiger partial charge is 0.407 e. The van der Waals surface area contributed by atoms with Crippen LogP contribution in [0.15, 0.2) is 47.4 Å². The van der Waals surface area contributed by atoms with Gasteiger partial charge in [-0.2, -0.15) is 0 Å². The van der Waals surface area contributed by atoms with Gasteiger partial charge in [0.25, 0.3) is 0 Å². The molecule has 0 unspecified atom stereocenters. The highest BCUT2D eigenvalue weighted by Crippen LogP contribution is 2.52. The highest BCUT2D eigenvalue weighted by atomic mass is 32.2. The highest BCUT2D eigenvalue weighted by Gasteiger charge is 2.54. The van der Waals surface area contributed by atoms with E-state index in [4.69, 9.17) is 9.47 Å². The summed E-state index contributed by atoms with van der Waals surface area (Å²) in [6.07, 6.45) is 7.65. The zero-order valence-electron chi connectivity index (χ0n) is 30.1. The number of sulfone groups is 1. The zero-order chi connectivity index (χ0) is 35.8. The van der Waals surface area contributed by atoms with Crippen LogP contribution in [0, 0.1) is 23.5 Å². The van der Waals surface area contributed by atoms with Gasteiger partial charge in [-0.3, -0.25) is 0 Å². The molecule has 3 atom stereocenters. The van der Waals surface area contributed by atoms with Gasteiger partial charge in [0.15, 0.2) is 9.84 Å². The molecule has 0 bridgehead atoms. The van der Waals surface area contributed by atoms with E-state index >= 15 is 8.78 Å². The standard InChI is InChI=1S/C39H54F2N4O5S/c1-3-50-38(25-45(26-38)36-15-14-32(23-34(36)41)51(47,48)31-10-5-11-31)24-44-20-16-28(17-21-44)39(27-43-18-7-19-43,29-8-4-9-30(40)22-29)33-12-6-13-35(33)42-37(46)49-2/h4,8-9,14-15,22-23,28,31,33,35H,3,5-7,10-13,16-21,24-27H2,1-2H3,(H,42,46)/t33-,35-,39-/m0/s1. The number of hydrogen-bond acceptors (Lipinski definition) is 8. The van der Waals surface area contributed by atoms with Crippen molar-refractivity contribution in [1.82, 2.24) is 15.1 Å². The van der Waals surface area contributed by atoms with Gasteiger partial charge in [0.1, 0.15) is 17.2 Å². The number of benzene rings is 2. The molecule has 9 nitrogen and oxygen atoms in total. The van der Waals surface area contributed by atoms with Crippen LogP contribution in [-0.2, 0) is 24.7 Å². The first-order valence-corrected chi connectivity index (χ1v) is 20.6. The van der Waals surface area contributed by atoms with E-state index in [1.807, 2.05) is 17.9 Å². The van der Waals surface area contributed by atoms with Gasteiger partial charge in [-0.15, -0.1) is 0 Å². The normalized spacial score (nSPS) is 25.8. The van der Waals surface area contributed by atoms with E-state index in [0.717, 1.165) is 89.8 Å². The number of alkyl carbamates (subject to hydrolysis) is 1. The first-order valence-electron chi connectivity index (χ1n) is 19.0. The van der Waals surface area contributed by atoms with E-state index in [-0.39, 0.29) is 34.0 Å². The maximum atomic E-state index is 15.4. The summed E-state index contributed by atoms with van der Waals surface area (Å²) in [5, 5.41) is 2.77. The first kappa shape index (κ1) is 36.6. The number of likely N-dealkylation sites (tertiary alicyclic amines) is 2. The summed E-state index contributed by atoms with van der Waals surface area (Å²) >= 11 is 0. The van der Waals surface area contributed by atoms with Crippen LogP contribution >= 0.6 is 0 Å². The minimum absolute atomic E-state index is 0.0463. The number of carbonyl (C=O) groups is 1. The SMILES string of the molecule is CCOC1(CN2CCC([C@@](CN3CCC3)(c3cccc(F)c3)[C@H]3CCC[C@@H]3NC(=O)OC)CC2)CN(c2ccc(S(=O)(=O)C3CCC3)cc2F)C1.